The molecule has 2 aromatic rings. The van der Waals surface area contributed by atoms with Gasteiger partial charge in [0.15, 0.2) is 0 Å². The van der Waals surface area contributed by atoms with Crippen molar-refractivity contribution < 1.29 is 0 Å². The van der Waals surface area contributed by atoms with Gasteiger partial charge in [0, 0.05) is 12.7 Å². The first-order valence-corrected chi connectivity index (χ1v) is 7.16. The van der Waals surface area contributed by atoms with E-state index < -0.39 is 0 Å². The number of hydrogen-bond donors (Lipinski definition) is 2. The Morgan fingerprint density at radius 3 is 2.10 bits per heavy atom. The molecule has 0 amide bonds. The van der Waals surface area contributed by atoms with Gasteiger partial charge in [-0.1, -0.05) is 44.2 Å². The minimum Gasteiger partial charge on any atom is -0.388 e. The van der Waals surface area contributed by atoms with Crippen molar-refractivity contribution >= 4 is 5.69 Å². The van der Waals surface area contributed by atoms with Crippen molar-refractivity contribution in [3.05, 3.63) is 64.7 Å². The van der Waals surface area contributed by atoms with Gasteiger partial charge in [0.2, 0.25) is 0 Å². The molecular formula is C18H24N2. The van der Waals surface area contributed by atoms with E-state index in [1.807, 2.05) is 7.05 Å². The molecule has 0 saturated heterocycles. The number of hydrogen-bond acceptors (Lipinski definition) is 2. The molecule has 0 aliphatic carbocycles. The van der Waals surface area contributed by atoms with E-state index in [0.29, 0.717) is 5.92 Å². The van der Waals surface area contributed by atoms with Crippen LogP contribution in [0.4, 0.5) is 5.69 Å². The lowest BCUT2D eigenvalue weighted by Crippen LogP contribution is -2.14. The smallest absolute Gasteiger partial charge is 0.0554 e. The number of anilines is 1. The van der Waals surface area contributed by atoms with Gasteiger partial charge in [-0.15, -0.1) is 0 Å². The van der Waals surface area contributed by atoms with Gasteiger partial charge in [0.25, 0.3) is 0 Å². The molecule has 0 radical (unpaired) electrons. The summed E-state index contributed by atoms with van der Waals surface area (Å²) >= 11 is 0. The fraction of sp³-hybridized carbons (Fsp3) is 0.333. The van der Waals surface area contributed by atoms with Crippen LogP contribution in [0.5, 0.6) is 0 Å². The number of nitrogens with two attached hydrogens (primary N) is 1. The standard InChI is InChI=1S/C18H24N2/c1-12(2)15-6-5-13(3)17(11-15)18(19)14-7-9-16(20-4)10-8-14/h5-12,18,20H,19H2,1-4H3. The highest BCUT2D eigenvalue weighted by Gasteiger charge is 2.13. The third-order valence-corrected chi connectivity index (χ3v) is 3.86. The second-order valence-electron chi connectivity index (χ2n) is 5.62. The molecule has 1 unspecified atom stereocenters. The lowest BCUT2D eigenvalue weighted by molar-refractivity contribution is 0.830. The van der Waals surface area contributed by atoms with Gasteiger partial charge in [0.05, 0.1) is 6.04 Å². The predicted molar refractivity (Wildman–Crippen MR) is 87.3 cm³/mol. The summed E-state index contributed by atoms with van der Waals surface area (Å²) in [6.45, 7) is 6.55. The molecule has 0 aliphatic heterocycles. The molecule has 0 heterocycles. The summed E-state index contributed by atoms with van der Waals surface area (Å²) in [5, 5.41) is 3.13. The Kier molecular flexibility index (Phi) is 4.46. The summed E-state index contributed by atoms with van der Waals surface area (Å²) in [5.74, 6) is 0.521. The van der Waals surface area contributed by atoms with E-state index in [4.69, 9.17) is 5.73 Å². The molecule has 106 valence electrons. The predicted octanol–water partition coefficient (Wildman–Crippen LogP) is 4.21. The highest BCUT2D eigenvalue weighted by atomic mass is 14.8. The number of benzene rings is 2. The summed E-state index contributed by atoms with van der Waals surface area (Å²) in [7, 11) is 1.92. The first-order valence-electron chi connectivity index (χ1n) is 7.16. The quantitative estimate of drug-likeness (QED) is 0.871. The molecule has 2 heteroatoms. The summed E-state index contributed by atoms with van der Waals surface area (Å²) < 4.78 is 0. The van der Waals surface area contributed by atoms with Crippen LogP contribution in [-0.2, 0) is 0 Å². The summed E-state index contributed by atoms with van der Waals surface area (Å²) in [6, 6.07) is 14.9. The van der Waals surface area contributed by atoms with Crippen molar-refractivity contribution in [1.29, 1.82) is 0 Å². The van der Waals surface area contributed by atoms with E-state index >= 15 is 0 Å². The normalized spacial score (nSPS) is 12.5. The van der Waals surface area contributed by atoms with Crippen molar-refractivity contribution in [2.24, 2.45) is 5.73 Å². The van der Waals surface area contributed by atoms with Crippen molar-refractivity contribution in [3.8, 4) is 0 Å². The Labute approximate surface area is 122 Å². The van der Waals surface area contributed by atoms with E-state index in [1.165, 1.54) is 16.7 Å². The summed E-state index contributed by atoms with van der Waals surface area (Å²) in [6.07, 6.45) is 0. The molecule has 2 nitrogen and oxygen atoms in total. The Hall–Kier alpha value is -1.80. The maximum absolute atomic E-state index is 6.46. The van der Waals surface area contributed by atoms with Gasteiger partial charge in [-0.05, 0) is 47.2 Å². The van der Waals surface area contributed by atoms with Crippen molar-refractivity contribution in [1.82, 2.24) is 0 Å². The minimum atomic E-state index is -0.0698. The third kappa shape index (κ3) is 3.02. The van der Waals surface area contributed by atoms with Crippen LogP contribution in [0.15, 0.2) is 42.5 Å². The second kappa shape index (κ2) is 6.10. The molecule has 0 spiro atoms. The number of aryl methyl sites for hydroxylation is 1. The Morgan fingerprint density at radius 2 is 1.55 bits per heavy atom. The molecule has 2 aromatic carbocycles. The first kappa shape index (κ1) is 14.6. The van der Waals surface area contributed by atoms with Gasteiger partial charge in [-0.25, -0.2) is 0 Å². The molecule has 1 atom stereocenters. The van der Waals surface area contributed by atoms with Crippen LogP contribution in [0.3, 0.4) is 0 Å². The molecule has 0 saturated carbocycles. The van der Waals surface area contributed by atoms with E-state index in [2.05, 4.69) is 68.6 Å². The first-order chi connectivity index (χ1) is 9.52. The summed E-state index contributed by atoms with van der Waals surface area (Å²) in [4.78, 5) is 0. The van der Waals surface area contributed by atoms with Crippen LogP contribution in [0.2, 0.25) is 0 Å². The van der Waals surface area contributed by atoms with Gasteiger partial charge in [0.1, 0.15) is 0 Å². The zero-order chi connectivity index (χ0) is 14.7. The third-order valence-electron chi connectivity index (χ3n) is 3.86. The fourth-order valence-corrected chi connectivity index (χ4v) is 2.39. The monoisotopic (exact) mass is 268 g/mol. The van der Waals surface area contributed by atoms with Crippen LogP contribution in [0.1, 0.15) is 48.1 Å². The largest absolute Gasteiger partial charge is 0.388 e. The average Bonchev–Trinajstić information content (AvgIpc) is 2.47. The van der Waals surface area contributed by atoms with Gasteiger partial charge >= 0.3 is 0 Å². The molecule has 0 bridgehead atoms. The SMILES string of the molecule is CNc1ccc(C(N)c2cc(C(C)C)ccc2C)cc1. The van der Waals surface area contributed by atoms with Crippen LogP contribution < -0.4 is 11.1 Å². The Morgan fingerprint density at radius 1 is 0.950 bits per heavy atom. The molecule has 0 aromatic heterocycles. The lowest BCUT2D eigenvalue weighted by Gasteiger charge is -2.18. The molecule has 20 heavy (non-hydrogen) atoms. The number of rotatable bonds is 4. The molecular weight excluding hydrogens is 244 g/mol. The maximum atomic E-state index is 6.46. The van der Waals surface area contributed by atoms with E-state index in [1.54, 1.807) is 0 Å². The maximum Gasteiger partial charge on any atom is 0.0554 e. The molecule has 0 fully saturated rings. The summed E-state index contributed by atoms with van der Waals surface area (Å²) in [5.41, 5.74) is 12.5. The molecule has 0 aliphatic rings. The van der Waals surface area contributed by atoms with Crippen molar-refractivity contribution in [2.75, 3.05) is 12.4 Å². The van der Waals surface area contributed by atoms with E-state index in [9.17, 15) is 0 Å². The van der Waals surface area contributed by atoms with Gasteiger partial charge in [-0.3, -0.25) is 0 Å². The van der Waals surface area contributed by atoms with Crippen molar-refractivity contribution in [3.63, 3.8) is 0 Å². The van der Waals surface area contributed by atoms with Gasteiger partial charge < -0.3 is 11.1 Å². The van der Waals surface area contributed by atoms with Crippen molar-refractivity contribution in [2.45, 2.75) is 32.7 Å². The lowest BCUT2D eigenvalue weighted by atomic mass is 9.91. The highest BCUT2D eigenvalue weighted by molar-refractivity contribution is 5.47. The molecule has 2 rings (SSSR count). The van der Waals surface area contributed by atoms with Crippen LogP contribution in [0, 0.1) is 6.92 Å². The second-order valence-corrected chi connectivity index (χ2v) is 5.62. The Bertz CT molecular complexity index is 570. The van der Waals surface area contributed by atoms with Crippen LogP contribution >= 0.6 is 0 Å². The Balaban J connectivity index is 2.36. The topological polar surface area (TPSA) is 38.0 Å². The minimum absolute atomic E-state index is 0.0698. The number of nitrogens with one attached hydrogen (secondary N) is 1. The highest BCUT2D eigenvalue weighted by Crippen LogP contribution is 2.27. The van der Waals surface area contributed by atoms with E-state index in [0.717, 1.165) is 11.3 Å². The van der Waals surface area contributed by atoms with Crippen LogP contribution in [0.25, 0.3) is 0 Å². The zero-order valence-electron chi connectivity index (χ0n) is 12.8. The zero-order valence-corrected chi connectivity index (χ0v) is 12.8. The van der Waals surface area contributed by atoms with Crippen LogP contribution in [-0.4, -0.2) is 7.05 Å². The molecule has 3 N–H and O–H groups in total. The average molecular weight is 268 g/mol. The van der Waals surface area contributed by atoms with E-state index in [-0.39, 0.29) is 6.04 Å². The van der Waals surface area contributed by atoms with Gasteiger partial charge in [-0.2, -0.15) is 0 Å². The fourth-order valence-electron chi connectivity index (χ4n) is 2.39.